The van der Waals surface area contributed by atoms with Gasteiger partial charge in [-0.05, 0) is 31.1 Å². The lowest BCUT2D eigenvalue weighted by atomic mass is 9.84. The summed E-state index contributed by atoms with van der Waals surface area (Å²) < 4.78 is 1.73. The molecule has 0 aliphatic heterocycles. The van der Waals surface area contributed by atoms with Crippen LogP contribution in [0.15, 0.2) is 6.20 Å². The van der Waals surface area contributed by atoms with E-state index in [1.165, 1.54) is 0 Å². The fourth-order valence-corrected chi connectivity index (χ4v) is 2.36. The third-order valence-electron chi connectivity index (χ3n) is 3.07. The average molecular weight is 195 g/mol. The minimum absolute atomic E-state index is 0.114. The van der Waals surface area contributed by atoms with Gasteiger partial charge in [0.15, 0.2) is 0 Å². The summed E-state index contributed by atoms with van der Waals surface area (Å²) in [5.41, 5.74) is 1.25. The summed E-state index contributed by atoms with van der Waals surface area (Å²) in [4.78, 5) is 0. The summed E-state index contributed by atoms with van der Waals surface area (Å²) in [7, 11) is 1.88. The van der Waals surface area contributed by atoms with Crippen LogP contribution in [0.5, 0.6) is 0 Å². The van der Waals surface area contributed by atoms with Crippen LogP contribution in [0.25, 0.3) is 0 Å². The molecule has 1 aromatic rings. The predicted molar refractivity (Wildman–Crippen MR) is 52.7 cm³/mol. The molecule has 2 unspecified atom stereocenters. The lowest BCUT2D eigenvalue weighted by Crippen LogP contribution is -2.16. The molecule has 4 heteroatoms. The lowest BCUT2D eigenvalue weighted by molar-refractivity contribution is 0.163. The van der Waals surface area contributed by atoms with Crippen LogP contribution in [-0.2, 0) is 13.5 Å². The topological polar surface area (TPSA) is 50.9 Å². The maximum absolute atomic E-state index is 9.51. The van der Waals surface area contributed by atoms with E-state index in [1.807, 2.05) is 13.2 Å². The van der Waals surface area contributed by atoms with E-state index < -0.39 is 0 Å². The molecular weight excluding hydrogens is 178 g/mol. The van der Waals surface area contributed by atoms with E-state index in [0.29, 0.717) is 0 Å². The number of hydrogen-bond acceptors (Lipinski definition) is 3. The normalized spacial score (nSPS) is 32.4. The maximum atomic E-state index is 9.51. The summed E-state index contributed by atoms with van der Waals surface area (Å²) in [6.45, 7) is 2.22. The molecule has 0 saturated heterocycles. The molecule has 2 atom stereocenters. The zero-order valence-electron chi connectivity index (χ0n) is 8.77. The van der Waals surface area contributed by atoms with Crippen molar-refractivity contribution in [2.45, 2.75) is 38.7 Å². The highest BCUT2D eigenvalue weighted by molar-refractivity contribution is 5.00. The van der Waals surface area contributed by atoms with Gasteiger partial charge in [-0.1, -0.05) is 12.1 Å². The molecule has 1 N–H and O–H groups in total. The van der Waals surface area contributed by atoms with Crippen LogP contribution in [0.4, 0.5) is 0 Å². The van der Waals surface area contributed by atoms with E-state index in [-0.39, 0.29) is 11.5 Å². The Bertz CT molecular complexity index is 323. The van der Waals surface area contributed by atoms with Gasteiger partial charge in [-0.2, -0.15) is 0 Å². The van der Waals surface area contributed by atoms with Gasteiger partial charge in [0.05, 0.1) is 11.8 Å². The largest absolute Gasteiger partial charge is 0.393 e. The Labute approximate surface area is 83.9 Å². The van der Waals surface area contributed by atoms with Crippen molar-refractivity contribution in [3.8, 4) is 0 Å². The van der Waals surface area contributed by atoms with Crippen molar-refractivity contribution in [3.05, 3.63) is 11.9 Å². The van der Waals surface area contributed by atoms with Crippen molar-refractivity contribution >= 4 is 0 Å². The van der Waals surface area contributed by atoms with Gasteiger partial charge < -0.3 is 5.11 Å². The molecule has 14 heavy (non-hydrogen) atoms. The van der Waals surface area contributed by atoms with Gasteiger partial charge in [0, 0.05) is 13.2 Å². The number of aliphatic hydroxyl groups is 1. The molecular formula is C10H17N3O. The van der Waals surface area contributed by atoms with E-state index in [4.69, 9.17) is 0 Å². The first-order chi connectivity index (χ1) is 6.57. The first-order valence-electron chi connectivity index (χ1n) is 5.11. The summed E-state index contributed by atoms with van der Waals surface area (Å²) in [6.07, 6.45) is 5.68. The average Bonchev–Trinajstić information content (AvgIpc) is 2.60. The molecule has 0 amide bonds. The van der Waals surface area contributed by atoms with Crippen LogP contribution in [0, 0.1) is 5.41 Å². The van der Waals surface area contributed by atoms with E-state index >= 15 is 0 Å². The van der Waals surface area contributed by atoms with Gasteiger partial charge in [0.25, 0.3) is 0 Å². The molecule has 1 saturated carbocycles. The maximum Gasteiger partial charge on any atom is 0.0832 e. The van der Waals surface area contributed by atoms with Crippen molar-refractivity contribution in [1.29, 1.82) is 0 Å². The number of hydrogen-bond donors (Lipinski definition) is 1. The Hall–Kier alpha value is -0.900. The second-order valence-corrected chi connectivity index (χ2v) is 4.77. The number of rotatable bonds is 2. The van der Waals surface area contributed by atoms with Gasteiger partial charge in [0.2, 0.25) is 0 Å². The third kappa shape index (κ3) is 1.95. The molecule has 4 nitrogen and oxygen atoms in total. The SMILES string of the molecule is Cn1cc(CC2(C)CCC(O)C2)nn1. The van der Waals surface area contributed by atoms with E-state index in [9.17, 15) is 5.11 Å². The molecule has 2 rings (SSSR count). The molecule has 1 fully saturated rings. The first-order valence-corrected chi connectivity index (χ1v) is 5.11. The molecule has 0 aromatic carbocycles. The predicted octanol–water partition coefficient (Wildman–Crippen LogP) is 0.909. The summed E-state index contributed by atoms with van der Waals surface area (Å²) in [5, 5.41) is 17.5. The van der Waals surface area contributed by atoms with E-state index in [0.717, 1.165) is 31.4 Å². The van der Waals surface area contributed by atoms with Gasteiger partial charge >= 0.3 is 0 Å². The molecule has 0 bridgehead atoms. The summed E-state index contributed by atoms with van der Waals surface area (Å²) in [6, 6.07) is 0. The smallest absolute Gasteiger partial charge is 0.0832 e. The first kappa shape index (κ1) is 9.65. The minimum atomic E-state index is -0.114. The molecule has 1 aromatic heterocycles. The quantitative estimate of drug-likeness (QED) is 0.763. The molecule has 0 radical (unpaired) electrons. The van der Waals surface area contributed by atoms with Crippen LogP contribution in [0.3, 0.4) is 0 Å². The second kappa shape index (κ2) is 3.35. The summed E-state index contributed by atoms with van der Waals surface area (Å²) in [5.74, 6) is 0. The summed E-state index contributed by atoms with van der Waals surface area (Å²) >= 11 is 0. The van der Waals surface area contributed by atoms with Gasteiger partial charge in [-0.25, -0.2) is 0 Å². The van der Waals surface area contributed by atoms with Crippen molar-refractivity contribution in [3.63, 3.8) is 0 Å². The Morgan fingerprint density at radius 3 is 3.00 bits per heavy atom. The van der Waals surface area contributed by atoms with Crippen LogP contribution in [0.2, 0.25) is 0 Å². The van der Waals surface area contributed by atoms with Crippen molar-refractivity contribution < 1.29 is 5.11 Å². The minimum Gasteiger partial charge on any atom is -0.393 e. The van der Waals surface area contributed by atoms with Crippen LogP contribution < -0.4 is 0 Å². The number of aliphatic hydroxyl groups excluding tert-OH is 1. The van der Waals surface area contributed by atoms with E-state index in [2.05, 4.69) is 17.2 Å². The highest BCUT2D eigenvalue weighted by atomic mass is 16.3. The Kier molecular flexibility index (Phi) is 2.31. The molecule has 1 heterocycles. The molecule has 1 aliphatic carbocycles. The second-order valence-electron chi connectivity index (χ2n) is 4.77. The zero-order valence-corrected chi connectivity index (χ0v) is 8.77. The highest BCUT2D eigenvalue weighted by Crippen LogP contribution is 2.40. The Morgan fingerprint density at radius 1 is 1.71 bits per heavy atom. The van der Waals surface area contributed by atoms with Crippen molar-refractivity contribution in [2.24, 2.45) is 12.5 Å². The Balaban J connectivity index is 2.03. The monoisotopic (exact) mass is 195 g/mol. The zero-order chi connectivity index (χ0) is 10.2. The fourth-order valence-electron chi connectivity index (χ4n) is 2.36. The van der Waals surface area contributed by atoms with Gasteiger partial charge in [0.1, 0.15) is 0 Å². The van der Waals surface area contributed by atoms with Crippen LogP contribution in [-0.4, -0.2) is 26.2 Å². The third-order valence-corrected chi connectivity index (χ3v) is 3.07. The lowest BCUT2D eigenvalue weighted by Gasteiger charge is -2.21. The van der Waals surface area contributed by atoms with Crippen LogP contribution in [0.1, 0.15) is 31.9 Å². The van der Waals surface area contributed by atoms with E-state index in [1.54, 1.807) is 4.68 Å². The highest BCUT2D eigenvalue weighted by Gasteiger charge is 2.34. The number of aryl methyl sites for hydroxylation is 1. The number of aromatic nitrogens is 3. The van der Waals surface area contributed by atoms with Crippen molar-refractivity contribution in [2.75, 3.05) is 0 Å². The van der Waals surface area contributed by atoms with Crippen molar-refractivity contribution in [1.82, 2.24) is 15.0 Å². The molecule has 1 aliphatic rings. The number of nitrogens with zero attached hydrogens (tertiary/aromatic N) is 3. The fraction of sp³-hybridized carbons (Fsp3) is 0.800. The van der Waals surface area contributed by atoms with Gasteiger partial charge in [-0.15, -0.1) is 5.10 Å². The molecule has 0 spiro atoms. The van der Waals surface area contributed by atoms with Gasteiger partial charge in [-0.3, -0.25) is 4.68 Å². The van der Waals surface area contributed by atoms with Crippen LogP contribution >= 0.6 is 0 Å². The Morgan fingerprint density at radius 2 is 2.50 bits per heavy atom. The standard InChI is InChI=1S/C10H17N3O/c1-10(4-3-9(14)6-10)5-8-7-13(2)12-11-8/h7,9,14H,3-6H2,1-2H3. The molecule has 78 valence electrons.